The predicted molar refractivity (Wildman–Crippen MR) is 99.5 cm³/mol. The number of benzene rings is 1. The summed E-state index contributed by atoms with van der Waals surface area (Å²) in [6, 6.07) is 31.3. The Morgan fingerprint density at radius 2 is 1.56 bits per heavy atom. The molecule has 0 fully saturated rings. The molecular formula is C22H22FeN2. The van der Waals surface area contributed by atoms with Crippen LogP contribution >= 0.6 is 0 Å². The molecule has 2 nitrogen and oxygen atoms in total. The molecule has 25 heavy (non-hydrogen) atoms. The molecule has 3 aromatic carbocycles. The summed E-state index contributed by atoms with van der Waals surface area (Å²) >= 11 is 0. The smallest absolute Gasteiger partial charge is 0.269 e. The van der Waals surface area contributed by atoms with E-state index >= 15 is 0 Å². The van der Waals surface area contributed by atoms with Gasteiger partial charge in [0.15, 0.2) is 0 Å². The molecule has 1 unspecified atom stereocenters. The molecule has 4 aromatic rings. The predicted octanol–water partition coefficient (Wildman–Crippen LogP) is 5.26. The van der Waals surface area contributed by atoms with Crippen LogP contribution in [0.2, 0.25) is 0 Å². The fraction of sp³-hybridized carbons (Fsp3) is 0.136. The quantitative estimate of drug-likeness (QED) is 0.355. The van der Waals surface area contributed by atoms with Crippen LogP contribution in [-0.2, 0) is 17.1 Å². The van der Waals surface area contributed by atoms with Crippen molar-refractivity contribution in [3.05, 3.63) is 114 Å². The van der Waals surface area contributed by atoms with Crippen LogP contribution in [0.5, 0.6) is 0 Å². The first-order chi connectivity index (χ1) is 11.8. The minimum absolute atomic E-state index is 0. The second kappa shape index (κ2) is 9.22. The summed E-state index contributed by atoms with van der Waals surface area (Å²) in [5.74, 6) is 0. The van der Waals surface area contributed by atoms with Gasteiger partial charge in [0.2, 0.25) is 0 Å². The summed E-state index contributed by atoms with van der Waals surface area (Å²) in [6.45, 7) is 4.15. The number of aryl methyl sites for hydroxylation is 2. The molecule has 0 aliphatic carbocycles. The van der Waals surface area contributed by atoms with E-state index in [1.165, 1.54) is 16.8 Å². The monoisotopic (exact) mass is 370 g/mol. The largest absolute Gasteiger partial charge is 2.00 e. The summed E-state index contributed by atoms with van der Waals surface area (Å²) in [5, 5.41) is 4.66. The molecule has 0 saturated heterocycles. The molecule has 0 saturated carbocycles. The minimum atomic E-state index is 0. The van der Waals surface area contributed by atoms with Crippen LogP contribution in [0.1, 0.15) is 28.6 Å². The Kier molecular flexibility index (Phi) is 7.00. The Balaban J connectivity index is 0.000000325. The summed E-state index contributed by atoms with van der Waals surface area (Å²) in [4.78, 5) is 0. The number of rotatable bonds is 3. The van der Waals surface area contributed by atoms with Gasteiger partial charge in [-0.25, -0.2) is 24.3 Å². The zero-order valence-electron chi connectivity index (χ0n) is 14.5. The maximum absolute atomic E-state index is 4.66. The van der Waals surface area contributed by atoms with Crippen LogP contribution in [0.3, 0.4) is 0 Å². The number of hydrogen-bond donors (Lipinski definition) is 0. The maximum Gasteiger partial charge on any atom is 2.00 e. The van der Waals surface area contributed by atoms with Crippen molar-refractivity contribution in [3.8, 4) is 0 Å². The molecule has 0 aliphatic rings. The molecule has 4 rings (SSSR count). The number of nitrogens with zero attached hydrogens (tertiary/aromatic N) is 2. The molecule has 0 spiro atoms. The molecule has 0 aliphatic heterocycles. The van der Waals surface area contributed by atoms with Crippen LogP contribution < -0.4 is 0 Å². The molecule has 0 radical (unpaired) electrons. The zero-order chi connectivity index (χ0) is 16.8. The van der Waals surface area contributed by atoms with Crippen LogP contribution in [0.15, 0.2) is 91.0 Å². The van der Waals surface area contributed by atoms with Crippen molar-refractivity contribution in [3.63, 3.8) is 0 Å². The average molecular weight is 370 g/mol. The van der Waals surface area contributed by atoms with E-state index < -0.39 is 0 Å². The molecule has 3 heteroatoms. The van der Waals surface area contributed by atoms with Crippen molar-refractivity contribution in [2.24, 2.45) is 0 Å². The van der Waals surface area contributed by atoms with Gasteiger partial charge in [-0.15, -0.1) is 5.56 Å². The van der Waals surface area contributed by atoms with Gasteiger partial charge < -0.3 is 0 Å². The first kappa shape index (κ1) is 19.0. The van der Waals surface area contributed by atoms with Gasteiger partial charge in [0, 0.05) is 5.69 Å². The summed E-state index contributed by atoms with van der Waals surface area (Å²) in [7, 11) is 0. The van der Waals surface area contributed by atoms with Crippen LogP contribution in [0.25, 0.3) is 0 Å². The summed E-state index contributed by atoms with van der Waals surface area (Å²) < 4.78 is 2.11. The van der Waals surface area contributed by atoms with E-state index in [0.29, 0.717) is 0 Å². The van der Waals surface area contributed by atoms with Crippen molar-refractivity contribution in [2.45, 2.75) is 19.9 Å². The molecule has 0 bridgehead atoms. The number of hydrogen-bond acceptors (Lipinski definition) is 1. The first-order valence-electron chi connectivity index (χ1n) is 8.21. The van der Waals surface area contributed by atoms with E-state index in [9.17, 15) is 0 Å². The molecule has 1 atom stereocenters. The van der Waals surface area contributed by atoms with Crippen LogP contribution in [-0.4, -0.2) is 9.78 Å². The molecule has 128 valence electrons. The van der Waals surface area contributed by atoms with E-state index in [-0.39, 0.29) is 23.1 Å². The van der Waals surface area contributed by atoms with Gasteiger partial charge in [-0.1, -0.05) is 30.3 Å². The van der Waals surface area contributed by atoms with Gasteiger partial charge in [-0.05, 0) is 25.5 Å². The fourth-order valence-electron chi connectivity index (χ4n) is 2.91. The van der Waals surface area contributed by atoms with Gasteiger partial charge in [-0.3, -0.25) is 4.68 Å². The van der Waals surface area contributed by atoms with Gasteiger partial charge >= 0.3 is 17.1 Å². The van der Waals surface area contributed by atoms with Gasteiger partial charge in [-0.2, -0.15) is 35.4 Å². The third kappa shape index (κ3) is 4.82. The van der Waals surface area contributed by atoms with Crippen molar-refractivity contribution < 1.29 is 17.1 Å². The Labute approximate surface area is 160 Å². The van der Waals surface area contributed by atoms with E-state index in [0.717, 1.165) is 5.69 Å². The fourth-order valence-corrected chi connectivity index (χ4v) is 2.91. The Morgan fingerprint density at radius 1 is 0.920 bits per heavy atom. The maximum atomic E-state index is 4.66. The van der Waals surface area contributed by atoms with E-state index in [2.05, 4.69) is 71.3 Å². The van der Waals surface area contributed by atoms with Crippen molar-refractivity contribution in [2.75, 3.05) is 0 Å². The van der Waals surface area contributed by atoms with Crippen molar-refractivity contribution in [1.29, 1.82) is 0 Å². The summed E-state index contributed by atoms with van der Waals surface area (Å²) in [5.41, 5.74) is 4.79. The summed E-state index contributed by atoms with van der Waals surface area (Å²) in [6.07, 6.45) is 0. The first-order valence-corrected chi connectivity index (χ1v) is 8.21. The second-order valence-corrected chi connectivity index (χ2v) is 5.87. The standard InChI is InChI=1S/C17H17N2.C5H5.Fe/c1-13-12-14(2)19(18-13)17(16-10-6-7-11-16)15-8-4-3-5-9-15;1-2-4-5-3-1;/h3-12,17H,1-2H3;1-5H;/q2*-1;+2. The average Bonchev–Trinajstić information content (AvgIpc) is 3.34. The minimum Gasteiger partial charge on any atom is -0.269 e. The van der Waals surface area contributed by atoms with E-state index in [4.69, 9.17) is 0 Å². The molecule has 1 aromatic heterocycles. The number of aromatic nitrogens is 2. The zero-order valence-corrected chi connectivity index (χ0v) is 15.6. The van der Waals surface area contributed by atoms with Gasteiger partial charge in [0.25, 0.3) is 0 Å². The third-order valence-electron chi connectivity index (χ3n) is 3.96. The topological polar surface area (TPSA) is 17.8 Å². The Bertz CT molecular complexity index is 810. The van der Waals surface area contributed by atoms with Crippen molar-refractivity contribution in [1.82, 2.24) is 9.78 Å². The normalized spacial score (nSPS) is 11.1. The van der Waals surface area contributed by atoms with Crippen LogP contribution in [0, 0.1) is 13.8 Å². The Hall–Kier alpha value is -2.35. The van der Waals surface area contributed by atoms with Gasteiger partial charge in [0.05, 0.1) is 11.7 Å². The van der Waals surface area contributed by atoms with Crippen molar-refractivity contribution >= 4 is 0 Å². The molecule has 0 N–H and O–H groups in total. The molecule has 0 amide bonds. The third-order valence-corrected chi connectivity index (χ3v) is 3.96. The van der Waals surface area contributed by atoms with E-state index in [1.807, 2.05) is 43.3 Å². The van der Waals surface area contributed by atoms with Crippen LogP contribution in [0.4, 0.5) is 0 Å². The van der Waals surface area contributed by atoms with E-state index in [1.54, 1.807) is 0 Å². The molecular weight excluding hydrogens is 348 g/mol. The SMILES string of the molecule is Cc1cc(C)n(C(c2ccccc2)[c-]2cccc2)n1.[Fe+2].c1cc[cH-]c1. The molecule has 1 heterocycles. The van der Waals surface area contributed by atoms with Gasteiger partial charge in [0.1, 0.15) is 0 Å². The Morgan fingerprint density at radius 3 is 2.04 bits per heavy atom. The second-order valence-electron chi connectivity index (χ2n) is 5.87.